The number of aromatic nitrogens is 3. The van der Waals surface area contributed by atoms with Gasteiger partial charge in [0.25, 0.3) is 0 Å². The summed E-state index contributed by atoms with van der Waals surface area (Å²) < 4.78 is 16.4. The van der Waals surface area contributed by atoms with Crippen molar-refractivity contribution in [1.82, 2.24) is 20.1 Å². The van der Waals surface area contributed by atoms with E-state index < -0.39 is 0 Å². The van der Waals surface area contributed by atoms with Gasteiger partial charge in [0.05, 0.1) is 5.52 Å². The summed E-state index contributed by atoms with van der Waals surface area (Å²) >= 11 is 0. The number of carbonyl (C=O) groups excluding carboxylic acids is 1. The van der Waals surface area contributed by atoms with Crippen LogP contribution in [0.1, 0.15) is 17.9 Å². The van der Waals surface area contributed by atoms with Crippen molar-refractivity contribution in [3.05, 3.63) is 66.2 Å². The van der Waals surface area contributed by atoms with Crippen LogP contribution in [0.2, 0.25) is 0 Å². The van der Waals surface area contributed by atoms with E-state index in [1.165, 1.54) is 0 Å². The Hall–Kier alpha value is -3.94. The summed E-state index contributed by atoms with van der Waals surface area (Å²) in [5, 5.41) is 9.22. The smallest absolute Gasteiger partial charge is 0.247 e. The van der Waals surface area contributed by atoms with Crippen molar-refractivity contribution in [2.24, 2.45) is 0 Å². The summed E-state index contributed by atoms with van der Waals surface area (Å²) in [6.07, 6.45) is 2.42. The normalized spacial score (nSPS) is 12.3. The van der Waals surface area contributed by atoms with E-state index in [1.54, 1.807) is 24.2 Å². The van der Waals surface area contributed by atoms with E-state index in [-0.39, 0.29) is 19.1 Å². The lowest BCUT2D eigenvalue weighted by Gasteiger charge is -2.18. The Kier molecular flexibility index (Phi) is 4.95. The van der Waals surface area contributed by atoms with Gasteiger partial charge in [-0.1, -0.05) is 18.2 Å². The number of nitrogens with zero attached hydrogens (tertiary/aromatic N) is 4. The lowest BCUT2D eigenvalue weighted by molar-refractivity contribution is -0.130. The molecular formula is C23H20N4O4. The minimum Gasteiger partial charge on any atom is -0.454 e. The van der Waals surface area contributed by atoms with Gasteiger partial charge in [0.15, 0.2) is 11.5 Å². The van der Waals surface area contributed by atoms with E-state index in [2.05, 4.69) is 15.2 Å². The summed E-state index contributed by atoms with van der Waals surface area (Å²) in [6.45, 7) is 0.715. The van der Waals surface area contributed by atoms with Gasteiger partial charge in [-0.05, 0) is 35.9 Å². The highest BCUT2D eigenvalue weighted by Crippen LogP contribution is 2.35. The zero-order valence-corrected chi connectivity index (χ0v) is 16.9. The quantitative estimate of drug-likeness (QED) is 0.474. The highest BCUT2D eigenvalue weighted by molar-refractivity contribution is 5.82. The third-order valence-electron chi connectivity index (χ3n) is 5.21. The Labute approximate surface area is 178 Å². The molecule has 5 rings (SSSR count). The second-order valence-corrected chi connectivity index (χ2v) is 7.31. The number of amides is 1. The number of para-hydroxylation sites is 1. The van der Waals surface area contributed by atoms with E-state index >= 15 is 0 Å². The maximum atomic E-state index is 12.7. The molecule has 1 aliphatic heterocycles. The number of ether oxygens (including phenoxy) is 2. The molecule has 1 aliphatic rings. The van der Waals surface area contributed by atoms with Gasteiger partial charge in [-0.3, -0.25) is 9.78 Å². The molecule has 0 aliphatic carbocycles. The van der Waals surface area contributed by atoms with Crippen LogP contribution < -0.4 is 9.47 Å². The number of benzene rings is 2. The number of aryl methyl sites for hydroxylation is 1. The van der Waals surface area contributed by atoms with Crippen LogP contribution in [0.4, 0.5) is 0 Å². The molecule has 2 aromatic carbocycles. The summed E-state index contributed by atoms with van der Waals surface area (Å²) in [5.41, 5.74) is 2.73. The van der Waals surface area contributed by atoms with E-state index in [9.17, 15) is 4.79 Å². The van der Waals surface area contributed by atoms with Crippen LogP contribution in [-0.2, 0) is 17.8 Å². The lowest BCUT2D eigenvalue weighted by Crippen LogP contribution is -2.26. The van der Waals surface area contributed by atoms with Gasteiger partial charge >= 0.3 is 0 Å². The Morgan fingerprint density at radius 1 is 1.06 bits per heavy atom. The molecule has 0 atom stereocenters. The highest BCUT2D eigenvalue weighted by Gasteiger charge is 2.18. The third-order valence-corrected chi connectivity index (χ3v) is 5.21. The van der Waals surface area contributed by atoms with Gasteiger partial charge in [0, 0.05) is 43.6 Å². The molecule has 0 radical (unpaired) electrons. The zero-order valence-electron chi connectivity index (χ0n) is 16.9. The van der Waals surface area contributed by atoms with Gasteiger partial charge in [0.1, 0.15) is 0 Å². The van der Waals surface area contributed by atoms with Gasteiger partial charge in [-0.15, -0.1) is 10.2 Å². The number of hydrogen-bond donors (Lipinski definition) is 0. The molecule has 2 aromatic heterocycles. The number of hydrogen-bond acceptors (Lipinski definition) is 7. The number of carbonyl (C=O) groups is 1. The molecule has 3 heterocycles. The van der Waals surface area contributed by atoms with Crippen molar-refractivity contribution >= 4 is 16.8 Å². The summed E-state index contributed by atoms with van der Waals surface area (Å²) in [6, 6.07) is 15.3. The molecule has 1 amide bonds. The maximum Gasteiger partial charge on any atom is 0.247 e. The molecular weight excluding hydrogens is 396 g/mol. The van der Waals surface area contributed by atoms with Crippen molar-refractivity contribution < 1.29 is 18.7 Å². The van der Waals surface area contributed by atoms with Gasteiger partial charge < -0.3 is 18.8 Å². The van der Waals surface area contributed by atoms with Crippen molar-refractivity contribution in [3.63, 3.8) is 0 Å². The Morgan fingerprint density at radius 2 is 1.94 bits per heavy atom. The summed E-state index contributed by atoms with van der Waals surface area (Å²) in [5.74, 6) is 2.15. The van der Waals surface area contributed by atoms with E-state index in [4.69, 9.17) is 13.9 Å². The Morgan fingerprint density at radius 3 is 2.87 bits per heavy atom. The van der Waals surface area contributed by atoms with Crippen LogP contribution in [0.3, 0.4) is 0 Å². The molecule has 31 heavy (non-hydrogen) atoms. The van der Waals surface area contributed by atoms with Crippen LogP contribution in [0.25, 0.3) is 22.4 Å². The highest BCUT2D eigenvalue weighted by atomic mass is 16.7. The van der Waals surface area contributed by atoms with E-state index in [0.29, 0.717) is 36.2 Å². The predicted molar refractivity (Wildman–Crippen MR) is 112 cm³/mol. The second-order valence-electron chi connectivity index (χ2n) is 7.31. The number of fused-ring (bicyclic) bond motifs is 2. The topological polar surface area (TPSA) is 90.6 Å². The number of pyridine rings is 1. The molecule has 0 saturated heterocycles. The summed E-state index contributed by atoms with van der Waals surface area (Å²) in [4.78, 5) is 18.7. The zero-order chi connectivity index (χ0) is 21.2. The first-order valence-electron chi connectivity index (χ1n) is 9.96. The maximum absolute atomic E-state index is 12.7. The minimum absolute atomic E-state index is 0.00345. The molecule has 0 N–H and O–H groups in total. The largest absolute Gasteiger partial charge is 0.454 e. The average molecular weight is 416 g/mol. The van der Waals surface area contributed by atoms with E-state index in [0.717, 1.165) is 22.0 Å². The Bertz CT molecular complexity index is 1250. The third kappa shape index (κ3) is 3.92. The molecule has 0 saturated carbocycles. The van der Waals surface area contributed by atoms with Gasteiger partial charge in [-0.25, -0.2) is 0 Å². The SMILES string of the molecule is CN(Cc1ccnc2ccccc12)C(=O)CCc1nnc(-c2ccc3c(c2)OCO3)o1. The first kappa shape index (κ1) is 19.0. The van der Waals surface area contributed by atoms with Crippen molar-refractivity contribution in [2.75, 3.05) is 13.8 Å². The molecule has 8 heteroatoms. The van der Waals surface area contributed by atoms with Crippen LogP contribution in [-0.4, -0.2) is 39.8 Å². The van der Waals surface area contributed by atoms with Crippen molar-refractivity contribution in [2.45, 2.75) is 19.4 Å². The fourth-order valence-corrected chi connectivity index (χ4v) is 3.54. The molecule has 0 spiro atoms. The fourth-order valence-electron chi connectivity index (χ4n) is 3.54. The van der Waals surface area contributed by atoms with Crippen molar-refractivity contribution in [3.8, 4) is 23.0 Å². The first-order chi connectivity index (χ1) is 15.2. The summed E-state index contributed by atoms with van der Waals surface area (Å²) in [7, 11) is 1.80. The molecule has 0 bridgehead atoms. The Balaban J connectivity index is 1.21. The molecule has 0 fully saturated rings. The average Bonchev–Trinajstić information content (AvgIpc) is 3.46. The van der Waals surface area contributed by atoms with Crippen LogP contribution in [0.15, 0.2) is 59.1 Å². The monoisotopic (exact) mass is 416 g/mol. The standard InChI is InChI=1S/C23H20N4O4/c1-27(13-16-10-11-24-18-5-3-2-4-17(16)18)22(28)9-8-21-25-26-23(31-21)15-6-7-19-20(12-15)30-14-29-19/h2-7,10-12H,8-9,13-14H2,1H3. The fraction of sp³-hybridized carbons (Fsp3) is 0.217. The minimum atomic E-state index is 0.00345. The second kappa shape index (κ2) is 8.06. The predicted octanol–water partition coefficient (Wildman–Crippen LogP) is 3.60. The van der Waals surface area contributed by atoms with Crippen LogP contribution in [0.5, 0.6) is 11.5 Å². The van der Waals surface area contributed by atoms with E-state index in [1.807, 2.05) is 42.5 Å². The van der Waals surface area contributed by atoms with Crippen LogP contribution in [0, 0.1) is 0 Å². The molecule has 0 unspecified atom stereocenters. The van der Waals surface area contributed by atoms with Gasteiger partial charge in [-0.2, -0.15) is 0 Å². The first-order valence-corrected chi connectivity index (χ1v) is 9.96. The van der Waals surface area contributed by atoms with Gasteiger partial charge in [0.2, 0.25) is 24.5 Å². The molecule has 8 nitrogen and oxygen atoms in total. The lowest BCUT2D eigenvalue weighted by atomic mass is 10.1. The molecule has 156 valence electrons. The van der Waals surface area contributed by atoms with Crippen LogP contribution >= 0.6 is 0 Å². The molecule has 4 aromatic rings. The number of rotatable bonds is 6. The van der Waals surface area contributed by atoms with Crippen molar-refractivity contribution in [1.29, 1.82) is 0 Å².